The summed E-state index contributed by atoms with van der Waals surface area (Å²) in [5.74, 6) is -1.75. The molecule has 14 nitrogen and oxygen atoms in total. The summed E-state index contributed by atoms with van der Waals surface area (Å²) in [6.45, 7) is 0.665. The molecule has 0 aliphatic carbocycles. The van der Waals surface area contributed by atoms with Crippen LogP contribution in [0, 0.1) is 0 Å². The van der Waals surface area contributed by atoms with Gasteiger partial charge in [0.2, 0.25) is 0 Å². The molecule has 0 radical (unpaired) electrons. The maximum atomic E-state index is 12.1. The second-order valence-corrected chi connectivity index (χ2v) is 6.41. The van der Waals surface area contributed by atoms with Gasteiger partial charge in [0.15, 0.2) is 23.2 Å². The van der Waals surface area contributed by atoms with Crippen LogP contribution >= 0.6 is 0 Å². The monoisotopic (exact) mass is 434 g/mol. The summed E-state index contributed by atoms with van der Waals surface area (Å²) >= 11 is 0. The fourth-order valence-corrected chi connectivity index (χ4v) is 2.90. The van der Waals surface area contributed by atoms with Crippen LogP contribution in [0.3, 0.4) is 0 Å². The third kappa shape index (κ3) is 4.70. The van der Waals surface area contributed by atoms with Crippen LogP contribution in [0.25, 0.3) is 11.2 Å². The molecule has 3 rings (SSSR count). The fourth-order valence-electron chi connectivity index (χ4n) is 2.90. The predicted octanol–water partition coefficient (Wildman–Crippen LogP) is -6.94. The van der Waals surface area contributed by atoms with E-state index in [9.17, 15) is 35.1 Å². The van der Waals surface area contributed by atoms with Gasteiger partial charge in [-0.25, -0.2) is 19.7 Å². The third-order valence-corrected chi connectivity index (χ3v) is 4.40. The van der Waals surface area contributed by atoms with Gasteiger partial charge in [0, 0.05) is 0 Å². The van der Waals surface area contributed by atoms with Gasteiger partial charge < -0.3 is 40.4 Å². The van der Waals surface area contributed by atoms with Crippen LogP contribution in [0.4, 0.5) is 10.6 Å². The molecule has 0 spiro atoms. The average Bonchev–Trinajstić information content (AvgIpc) is 3.21. The predicted molar refractivity (Wildman–Crippen MR) is 91.0 cm³/mol. The van der Waals surface area contributed by atoms with Gasteiger partial charge in [-0.15, -0.1) is 0 Å². The Kier molecular flexibility index (Phi) is 8.06. The molecule has 15 heteroatoms. The molecular formula is C15H19N6NaO8. The van der Waals surface area contributed by atoms with Crippen molar-refractivity contribution in [1.82, 2.24) is 24.8 Å². The number of aliphatic hydroxyl groups is 4. The van der Waals surface area contributed by atoms with E-state index in [-0.39, 0.29) is 46.5 Å². The number of urea groups is 1. The maximum Gasteiger partial charge on any atom is 1.00 e. The molecule has 2 amide bonds. The number of fused-ring (bicyclic) bond motifs is 1. The first-order valence-electron chi connectivity index (χ1n) is 8.51. The second-order valence-electron chi connectivity index (χ2n) is 6.41. The minimum atomic E-state index is -1.67. The number of carboxylic acid groups (broad SMARTS) is 1. The first kappa shape index (κ1) is 24.4. The zero-order chi connectivity index (χ0) is 21.3. The molecule has 3 heterocycles. The van der Waals surface area contributed by atoms with Crippen LogP contribution in [0.5, 0.6) is 0 Å². The van der Waals surface area contributed by atoms with Crippen molar-refractivity contribution in [2.45, 2.75) is 43.6 Å². The van der Waals surface area contributed by atoms with E-state index in [1.54, 1.807) is 0 Å². The smallest absolute Gasteiger partial charge is 0.548 e. The van der Waals surface area contributed by atoms with Gasteiger partial charge in [-0.2, -0.15) is 0 Å². The largest absolute Gasteiger partial charge is 1.00 e. The molecule has 2 aromatic heterocycles. The van der Waals surface area contributed by atoms with Gasteiger partial charge in [0.1, 0.15) is 24.6 Å². The van der Waals surface area contributed by atoms with Crippen LogP contribution in [0.2, 0.25) is 0 Å². The Morgan fingerprint density at radius 1 is 1.30 bits per heavy atom. The Morgan fingerprint density at radius 2 is 2.00 bits per heavy atom. The molecule has 2 aromatic rings. The number of rotatable bonds is 6. The average molecular weight is 434 g/mol. The zero-order valence-electron chi connectivity index (χ0n) is 16.0. The first-order chi connectivity index (χ1) is 13.7. The van der Waals surface area contributed by atoms with Crippen LogP contribution in [0.1, 0.15) is 13.2 Å². The van der Waals surface area contributed by atoms with Crippen molar-refractivity contribution in [2.75, 3.05) is 11.9 Å². The van der Waals surface area contributed by atoms with Gasteiger partial charge in [0.05, 0.1) is 31.0 Å². The number of ether oxygens (including phenoxy) is 1. The van der Waals surface area contributed by atoms with E-state index in [0.717, 1.165) is 6.33 Å². The van der Waals surface area contributed by atoms with E-state index in [4.69, 9.17) is 4.74 Å². The molecule has 1 unspecified atom stereocenters. The minimum absolute atomic E-state index is 0. The Bertz CT molecular complexity index is 910. The standard InChI is InChI=1S/C15H20N6O8.Na/c1-5(23)7(14(26)27)19-15(28)20-11-8-12(17-3-16-11)21(4-18-8)13-10(25)9(24)6(2-22)29-13;/h3-7,9-10,13,22-25H,2H2,1H3,(H,26,27)(H2,16,17,19,20,28);/q;+1/p-1/t5?,6-,7-,9-,10-,13-;/m1./s1. The van der Waals surface area contributed by atoms with Crippen LogP contribution < -0.4 is 45.3 Å². The molecule has 158 valence electrons. The minimum Gasteiger partial charge on any atom is -0.548 e. The Balaban J connectivity index is 0.00000320. The van der Waals surface area contributed by atoms with Crippen LogP contribution in [-0.2, 0) is 9.53 Å². The fraction of sp³-hybridized carbons (Fsp3) is 0.533. The van der Waals surface area contributed by atoms with E-state index >= 15 is 0 Å². The molecule has 1 fully saturated rings. The van der Waals surface area contributed by atoms with Crippen molar-refractivity contribution in [1.29, 1.82) is 0 Å². The van der Waals surface area contributed by atoms with Gasteiger partial charge in [0.25, 0.3) is 0 Å². The molecule has 1 saturated heterocycles. The molecule has 0 bridgehead atoms. The van der Waals surface area contributed by atoms with Crippen molar-refractivity contribution >= 4 is 29.0 Å². The number of nitrogens with zero attached hydrogens (tertiary/aromatic N) is 4. The van der Waals surface area contributed by atoms with Crippen LogP contribution in [-0.4, -0.2) is 89.0 Å². The molecule has 0 saturated carbocycles. The number of carboxylic acids is 1. The van der Waals surface area contributed by atoms with Gasteiger partial charge in [-0.1, -0.05) is 0 Å². The SMILES string of the molecule is CC(O)[C@@H](NC(=O)Nc1ncnc2c1ncn2[C@@H]1O[C@H](CO)[C@@H](O)[C@H]1O)C(=O)[O-].[Na+]. The Hall–Kier alpha value is -1.91. The van der Waals surface area contributed by atoms with Gasteiger partial charge in [-0.05, 0) is 6.92 Å². The summed E-state index contributed by atoms with van der Waals surface area (Å²) in [5.41, 5.74) is 0.222. The molecule has 6 atom stereocenters. The van der Waals surface area contributed by atoms with Gasteiger partial charge in [-0.3, -0.25) is 9.88 Å². The summed E-state index contributed by atoms with van der Waals surface area (Å²) in [5, 5.41) is 54.0. The van der Waals surface area contributed by atoms with Crippen molar-refractivity contribution < 1.29 is 69.4 Å². The number of imidazole rings is 1. The number of hydrogen-bond acceptors (Lipinski definition) is 11. The second kappa shape index (κ2) is 9.93. The number of amides is 2. The Morgan fingerprint density at radius 3 is 2.57 bits per heavy atom. The molecule has 1 aliphatic rings. The number of aromatic nitrogens is 4. The number of anilines is 1. The van der Waals surface area contributed by atoms with E-state index in [2.05, 4.69) is 20.3 Å². The Labute approximate surface area is 191 Å². The normalized spacial score (nSPS) is 25.4. The number of nitrogens with one attached hydrogen (secondary N) is 2. The number of carbonyl (C=O) groups excluding carboxylic acids is 2. The quantitative estimate of drug-likeness (QED) is 0.235. The summed E-state index contributed by atoms with van der Waals surface area (Å²) in [7, 11) is 0. The number of hydrogen-bond donors (Lipinski definition) is 6. The van der Waals surface area contributed by atoms with E-state index in [1.807, 2.05) is 5.32 Å². The number of aliphatic carboxylic acids is 1. The molecule has 1 aliphatic heterocycles. The summed E-state index contributed by atoms with van der Waals surface area (Å²) in [6.07, 6.45) is -3.86. The van der Waals surface area contributed by atoms with E-state index < -0.39 is 55.3 Å². The maximum absolute atomic E-state index is 12.1. The first-order valence-corrected chi connectivity index (χ1v) is 8.51. The number of carbonyl (C=O) groups is 2. The summed E-state index contributed by atoms with van der Waals surface area (Å²) in [6, 6.07) is -2.63. The topological polar surface area (TPSA) is 215 Å². The van der Waals surface area contributed by atoms with Crippen LogP contribution in [0.15, 0.2) is 12.7 Å². The molecule has 6 N–H and O–H groups in total. The third-order valence-electron chi connectivity index (χ3n) is 4.40. The van der Waals surface area contributed by atoms with E-state index in [0.29, 0.717) is 0 Å². The molecule has 0 aromatic carbocycles. The number of aliphatic hydroxyl groups excluding tert-OH is 4. The van der Waals surface area contributed by atoms with Crippen molar-refractivity contribution in [3.8, 4) is 0 Å². The van der Waals surface area contributed by atoms with Crippen molar-refractivity contribution in [2.24, 2.45) is 0 Å². The van der Waals surface area contributed by atoms with Crippen molar-refractivity contribution in [3.05, 3.63) is 12.7 Å². The molecular weight excluding hydrogens is 415 g/mol. The summed E-state index contributed by atoms with van der Waals surface area (Å²) in [4.78, 5) is 35.0. The van der Waals surface area contributed by atoms with Crippen molar-refractivity contribution in [3.63, 3.8) is 0 Å². The van der Waals surface area contributed by atoms with E-state index in [1.165, 1.54) is 17.8 Å². The summed E-state index contributed by atoms with van der Waals surface area (Å²) < 4.78 is 6.72. The molecule has 30 heavy (non-hydrogen) atoms. The zero-order valence-corrected chi connectivity index (χ0v) is 18.0. The van der Waals surface area contributed by atoms with Gasteiger partial charge >= 0.3 is 35.6 Å².